The number of aliphatic hydroxyl groups is 2. The van der Waals surface area contributed by atoms with Gasteiger partial charge in [-0.2, -0.15) is 0 Å². The lowest BCUT2D eigenvalue weighted by Crippen LogP contribution is -2.58. The molecule has 0 aromatic rings. The van der Waals surface area contributed by atoms with Crippen LogP contribution in [0.1, 0.15) is 33.1 Å². The number of methoxy groups -OCH3 is 1. The van der Waals surface area contributed by atoms with Crippen molar-refractivity contribution in [1.29, 1.82) is 0 Å². The molecule has 0 amide bonds. The van der Waals surface area contributed by atoms with Gasteiger partial charge in [0, 0.05) is 13.0 Å². The molecule has 0 aromatic heterocycles. The predicted octanol–water partition coefficient (Wildman–Crippen LogP) is 2.59. The topological polar surface area (TPSA) is 68.2 Å². The molecule has 142 valence electrons. The minimum atomic E-state index is -1.30. The number of ether oxygens (including phenoxy) is 3. The fourth-order valence-corrected chi connectivity index (χ4v) is 4.28. The smallest absolute Gasteiger partial charge is 0.167 e. The molecule has 5 heteroatoms. The van der Waals surface area contributed by atoms with Gasteiger partial charge in [0.1, 0.15) is 5.60 Å². The van der Waals surface area contributed by atoms with Crippen LogP contribution in [0.25, 0.3) is 0 Å². The molecule has 2 aliphatic rings. The Morgan fingerprint density at radius 1 is 1.52 bits per heavy atom. The number of hydrogen-bond acceptors (Lipinski definition) is 5. The highest BCUT2D eigenvalue weighted by atomic mass is 16.7. The molecule has 0 saturated carbocycles. The first-order valence-electron chi connectivity index (χ1n) is 8.89. The fraction of sp³-hybridized carbons (Fsp3) is 0.700. The summed E-state index contributed by atoms with van der Waals surface area (Å²) < 4.78 is 16.9. The lowest BCUT2D eigenvalue weighted by molar-refractivity contribution is -0.213. The molecule has 0 bridgehead atoms. The summed E-state index contributed by atoms with van der Waals surface area (Å²) in [5.41, 5.74) is -0.0824. The standard InChI is InChI=1S/C20H32O5/c1-6-19(22)12-15(4)7-8-20(19)16(17(21)11-14(2)3)13-25-18(20)24-10-9-23-5/h6,12,16-18,21-22H,1-2,7-11,13H2,3-5H3/t16-,17-,18-,19+,20+/m1/s1. The van der Waals surface area contributed by atoms with Gasteiger partial charge in [0.05, 0.1) is 31.3 Å². The Morgan fingerprint density at radius 2 is 2.24 bits per heavy atom. The van der Waals surface area contributed by atoms with Gasteiger partial charge < -0.3 is 24.4 Å². The Balaban J connectivity index is 2.41. The first-order chi connectivity index (χ1) is 11.8. The van der Waals surface area contributed by atoms with Crippen molar-refractivity contribution in [3.8, 4) is 0 Å². The third-order valence-electron chi connectivity index (χ3n) is 5.54. The van der Waals surface area contributed by atoms with E-state index in [1.54, 1.807) is 13.2 Å². The minimum Gasteiger partial charge on any atom is -0.392 e. The molecule has 0 radical (unpaired) electrons. The zero-order valence-corrected chi connectivity index (χ0v) is 15.7. The van der Waals surface area contributed by atoms with Crippen molar-refractivity contribution in [3.05, 3.63) is 36.5 Å². The lowest BCUT2D eigenvalue weighted by atomic mass is 9.57. The van der Waals surface area contributed by atoms with E-state index in [1.807, 2.05) is 19.9 Å². The van der Waals surface area contributed by atoms with Crippen LogP contribution in [0, 0.1) is 11.3 Å². The summed E-state index contributed by atoms with van der Waals surface area (Å²) in [6.07, 6.45) is 4.05. The molecule has 0 unspecified atom stereocenters. The van der Waals surface area contributed by atoms with E-state index in [1.165, 1.54) is 0 Å². The van der Waals surface area contributed by atoms with Crippen LogP contribution in [0.15, 0.2) is 36.5 Å². The van der Waals surface area contributed by atoms with Gasteiger partial charge in [0.2, 0.25) is 0 Å². The SMILES string of the molecule is C=C[C@]1(O)C=C(C)CC[C@]12[C@H](OCCOC)OC[C@@H]2[C@H](O)CC(=C)C. The quantitative estimate of drug-likeness (QED) is 0.519. The van der Waals surface area contributed by atoms with Gasteiger partial charge in [-0.15, -0.1) is 6.58 Å². The monoisotopic (exact) mass is 352 g/mol. The molecule has 1 aliphatic heterocycles. The van der Waals surface area contributed by atoms with Crippen LogP contribution in [0.5, 0.6) is 0 Å². The highest BCUT2D eigenvalue weighted by molar-refractivity contribution is 5.30. The lowest BCUT2D eigenvalue weighted by Gasteiger charge is -2.51. The zero-order chi connectivity index (χ0) is 18.7. The summed E-state index contributed by atoms with van der Waals surface area (Å²) in [5, 5.41) is 22.3. The highest BCUT2D eigenvalue weighted by Crippen LogP contribution is 2.57. The Bertz CT molecular complexity index is 528. The molecule has 25 heavy (non-hydrogen) atoms. The number of allylic oxidation sites excluding steroid dienone is 1. The second-order valence-corrected chi connectivity index (χ2v) is 7.42. The molecule has 2 rings (SSSR count). The second-order valence-electron chi connectivity index (χ2n) is 7.42. The van der Waals surface area contributed by atoms with Gasteiger partial charge in [-0.3, -0.25) is 0 Å². The third kappa shape index (κ3) is 3.76. The summed E-state index contributed by atoms with van der Waals surface area (Å²) in [5.74, 6) is -0.274. The van der Waals surface area contributed by atoms with Crippen molar-refractivity contribution < 1.29 is 24.4 Å². The largest absolute Gasteiger partial charge is 0.392 e. The third-order valence-corrected chi connectivity index (χ3v) is 5.54. The maximum Gasteiger partial charge on any atom is 0.167 e. The van der Waals surface area contributed by atoms with Gasteiger partial charge in [0.15, 0.2) is 6.29 Å². The van der Waals surface area contributed by atoms with Crippen molar-refractivity contribution in [2.24, 2.45) is 11.3 Å². The Morgan fingerprint density at radius 3 is 2.84 bits per heavy atom. The normalized spacial score (nSPS) is 36.3. The first-order valence-corrected chi connectivity index (χ1v) is 8.89. The average molecular weight is 352 g/mol. The van der Waals surface area contributed by atoms with Gasteiger partial charge >= 0.3 is 0 Å². The van der Waals surface area contributed by atoms with Crippen LogP contribution in [-0.2, 0) is 14.2 Å². The number of rotatable bonds is 8. The minimum absolute atomic E-state index is 0.274. The van der Waals surface area contributed by atoms with E-state index in [-0.39, 0.29) is 5.92 Å². The van der Waals surface area contributed by atoms with Crippen molar-refractivity contribution in [2.75, 3.05) is 26.9 Å². The van der Waals surface area contributed by atoms with Crippen LogP contribution in [-0.4, -0.2) is 55.1 Å². The molecule has 5 atom stereocenters. The van der Waals surface area contributed by atoms with E-state index in [2.05, 4.69) is 13.2 Å². The van der Waals surface area contributed by atoms with Gasteiger partial charge in [0.25, 0.3) is 0 Å². The molecule has 5 nitrogen and oxygen atoms in total. The number of aliphatic hydroxyl groups excluding tert-OH is 1. The second kappa shape index (κ2) is 8.14. The van der Waals surface area contributed by atoms with E-state index >= 15 is 0 Å². The van der Waals surface area contributed by atoms with Crippen molar-refractivity contribution in [3.63, 3.8) is 0 Å². The Kier molecular flexibility index (Phi) is 6.62. The Labute approximate surface area is 151 Å². The van der Waals surface area contributed by atoms with E-state index < -0.39 is 23.4 Å². The molecule has 1 spiro atoms. The van der Waals surface area contributed by atoms with Crippen LogP contribution in [0.4, 0.5) is 0 Å². The fourth-order valence-electron chi connectivity index (χ4n) is 4.28. The summed E-state index contributed by atoms with van der Waals surface area (Å²) in [4.78, 5) is 0. The van der Waals surface area contributed by atoms with Crippen LogP contribution < -0.4 is 0 Å². The first kappa shape index (κ1) is 20.3. The van der Waals surface area contributed by atoms with Gasteiger partial charge in [-0.1, -0.05) is 23.8 Å². The van der Waals surface area contributed by atoms with Crippen molar-refractivity contribution in [1.82, 2.24) is 0 Å². The molecule has 1 heterocycles. The van der Waals surface area contributed by atoms with E-state index in [9.17, 15) is 10.2 Å². The van der Waals surface area contributed by atoms with Crippen LogP contribution in [0.2, 0.25) is 0 Å². The van der Waals surface area contributed by atoms with Crippen LogP contribution in [0.3, 0.4) is 0 Å². The molecular weight excluding hydrogens is 320 g/mol. The molecule has 0 aromatic carbocycles. The average Bonchev–Trinajstić information content (AvgIpc) is 2.91. The highest BCUT2D eigenvalue weighted by Gasteiger charge is 2.64. The maximum atomic E-state index is 11.5. The molecular formula is C20H32O5. The molecule has 1 aliphatic carbocycles. The van der Waals surface area contributed by atoms with Gasteiger partial charge in [-0.05, 0) is 39.2 Å². The van der Waals surface area contributed by atoms with Crippen LogP contribution >= 0.6 is 0 Å². The van der Waals surface area contributed by atoms with Gasteiger partial charge in [-0.25, -0.2) is 0 Å². The Hall–Kier alpha value is -0.980. The van der Waals surface area contributed by atoms with E-state index in [0.29, 0.717) is 32.7 Å². The summed E-state index contributed by atoms with van der Waals surface area (Å²) in [7, 11) is 1.61. The molecule has 2 N–H and O–H groups in total. The summed E-state index contributed by atoms with van der Waals surface area (Å²) in [6.45, 7) is 12.8. The summed E-state index contributed by atoms with van der Waals surface area (Å²) in [6, 6.07) is 0. The molecule has 1 fully saturated rings. The summed E-state index contributed by atoms with van der Waals surface area (Å²) >= 11 is 0. The van der Waals surface area contributed by atoms with Crippen molar-refractivity contribution in [2.45, 2.75) is 51.1 Å². The maximum absolute atomic E-state index is 11.5. The molecule has 1 saturated heterocycles. The van der Waals surface area contributed by atoms with E-state index in [0.717, 1.165) is 17.6 Å². The predicted molar refractivity (Wildman–Crippen MR) is 97.1 cm³/mol. The van der Waals surface area contributed by atoms with E-state index in [4.69, 9.17) is 14.2 Å². The zero-order valence-electron chi connectivity index (χ0n) is 15.7. The van der Waals surface area contributed by atoms with Crippen molar-refractivity contribution >= 4 is 0 Å². The number of hydrogen-bond donors (Lipinski definition) is 2.